The van der Waals surface area contributed by atoms with Crippen molar-refractivity contribution in [1.82, 2.24) is 14.9 Å². The number of nitrogens with zero attached hydrogens (tertiary/aromatic N) is 4. The zero-order valence-corrected chi connectivity index (χ0v) is 10.5. The first-order valence-electron chi connectivity index (χ1n) is 5.95. The number of carbonyl (C=O) groups is 2. The van der Waals surface area contributed by atoms with E-state index in [9.17, 15) is 9.59 Å². The van der Waals surface area contributed by atoms with E-state index in [1.54, 1.807) is 23.4 Å². The van der Waals surface area contributed by atoms with Crippen molar-refractivity contribution in [3.63, 3.8) is 0 Å². The van der Waals surface area contributed by atoms with E-state index in [0.717, 1.165) is 0 Å². The molecule has 0 atom stereocenters. The smallest absolute Gasteiger partial charge is 0.249 e. The number of rotatable bonds is 2. The van der Waals surface area contributed by atoms with Crippen molar-refractivity contribution in [2.75, 3.05) is 24.5 Å². The number of amides is 2. The van der Waals surface area contributed by atoms with Crippen molar-refractivity contribution < 1.29 is 9.59 Å². The van der Waals surface area contributed by atoms with E-state index < -0.39 is 0 Å². The molecule has 96 valence electrons. The maximum absolute atomic E-state index is 12.0. The van der Waals surface area contributed by atoms with E-state index in [1.807, 2.05) is 13.8 Å². The van der Waals surface area contributed by atoms with Crippen LogP contribution in [0.4, 0.5) is 5.95 Å². The van der Waals surface area contributed by atoms with Crippen LogP contribution in [-0.4, -0.2) is 46.3 Å². The van der Waals surface area contributed by atoms with E-state index in [0.29, 0.717) is 19.0 Å². The number of hydrogen-bond donors (Lipinski definition) is 0. The molecular formula is C12H16N4O2. The Morgan fingerprint density at radius 2 is 1.94 bits per heavy atom. The molecule has 1 aromatic rings. The van der Waals surface area contributed by atoms with Crippen LogP contribution in [0.15, 0.2) is 18.5 Å². The summed E-state index contributed by atoms with van der Waals surface area (Å²) in [5, 5.41) is 0. The Balaban J connectivity index is 2.06. The van der Waals surface area contributed by atoms with Gasteiger partial charge in [0.1, 0.15) is 6.54 Å². The van der Waals surface area contributed by atoms with Crippen LogP contribution in [0.5, 0.6) is 0 Å². The second-order valence-electron chi connectivity index (χ2n) is 4.51. The molecule has 0 bridgehead atoms. The first-order chi connectivity index (χ1) is 8.59. The molecule has 0 saturated carbocycles. The lowest BCUT2D eigenvalue weighted by molar-refractivity contribution is -0.139. The Morgan fingerprint density at radius 1 is 1.28 bits per heavy atom. The second kappa shape index (κ2) is 5.12. The van der Waals surface area contributed by atoms with Crippen molar-refractivity contribution in [2.45, 2.75) is 13.8 Å². The Labute approximate surface area is 106 Å². The van der Waals surface area contributed by atoms with E-state index >= 15 is 0 Å². The molecule has 2 rings (SSSR count). The van der Waals surface area contributed by atoms with E-state index in [-0.39, 0.29) is 24.3 Å². The lowest BCUT2D eigenvalue weighted by atomic mass is 10.1. The van der Waals surface area contributed by atoms with E-state index in [4.69, 9.17) is 0 Å². The molecule has 0 spiro atoms. The minimum absolute atomic E-state index is 0.0111. The van der Waals surface area contributed by atoms with Crippen LogP contribution in [0.25, 0.3) is 0 Å². The predicted octanol–water partition coefficient (Wildman–Crippen LogP) is 0.308. The van der Waals surface area contributed by atoms with Gasteiger partial charge in [-0.05, 0) is 6.07 Å². The summed E-state index contributed by atoms with van der Waals surface area (Å²) in [6.07, 6.45) is 3.20. The van der Waals surface area contributed by atoms with Gasteiger partial charge in [-0.2, -0.15) is 0 Å². The molecule has 1 saturated heterocycles. The lowest BCUT2D eigenvalue weighted by Crippen LogP contribution is -2.53. The average molecular weight is 248 g/mol. The van der Waals surface area contributed by atoms with Crippen molar-refractivity contribution in [3.05, 3.63) is 18.5 Å². The number of anilines is 1. The molecule has 0 unspecified atom stereocenters. The van der Waals surface area contributed by atoms with Gasteiger partial charge in [0.25, 0.3) is 0 Å². The van der Waals surface area contributed by atoms with Gasteiger partial charge in [0.05, 0.1) is 0 Å². The molecule has 6 nitrogen and oxygen atoms in total. The highest BCUT2D eigenvalue weighted by Gasteiger charge is 2.29. The highest BCUT2D eigenvalue weighted by molar-refractivity contribution is 5.96. The number of carbonyl (C=O) groups excluding carboxylic acids is 2. The monoisotopic (exact) mass is 248 g/mol. The lowest BCUT2D eigenvalue weighted by Gasteiger charge is -2.33. The van der Waals surface area contributed by atoms with Gasteiger partial charge in [-0.25, -0.2) is 9.97 Å². The Kier molecular flexibility index (Phi) is 3.55. The van der Waals surface area contributed by atoms with Crippen LogP contribution in [0.1, 0.15) is 13.8 Å². The van der Waals surface area contributed by atoms with Gasteiger partial charge in [0, 0.05) is 31.4 Å². The quantitative estimate of drug-likeness (QED) is 0.755. The average Bonchev–Trinajstić information content (AvgIpc) is 2.38. The summed E-state index contributed by atoms with van der Waals surface area (Å²) in [5.41, 5.74) is 0. The SMILES string of the molecule is CC(C)C(=O)N1CCN(c2ncccn2)C(=O)C1. The minimum Gasteiger partial charge on any atom is -0.331 e. The normalized spacial score (nSPS) is 16.3. The van der Waals surface area contributed by atoms with E-state index in [2.05, 4.69) is 9.97 Å². The summed E-state index contributed by atoms with van der Waals surface area (Å²) < 4.78 is 0. The molecule has 2 heterocycles. The van der Waals surface area contributed by atoms with Crippen molar-refractivity contribution in [3.8, 4) is 0 Å². The predicted molar refractivity (Wildman–Crippen MR) is 65.8 cm³/mol. The maximum Gasteiger partial charge on any atom is 0.249 e. The molecule has 1 aliphatic heterocycles. The standard InChI is InChI=1S/C12H16N4O2/c1-9(2)11(18)15-6-7-16(10(17)8-15)12-13-4-3-5-14-12/h3-5,9H,6-8H2,1-2H3. The molecule has 0 N–H and O–H groups in total. The molecule has 18 heavy (non-hydrogen) atoms. The van der Waals surface area contributed by atoms with Gasteiger partial charge in [-0.15, -0.1) is 0 Å². The Bertz CT molecular complexity index is 447. The van der Waals surface area contributed by atoms with Gasteiger partial charge in [-0.1, -0.05) is 13.8 Å². The summed E-state index contributed by atoms with van der Waals surface area (Å²) in [6, 6.07) is 1.70. The van der Waals surface area contributed by atoms with Crippen LogP contribution in [0.2, 0.25) is 0 Å². The molecule has 1 aliphatic rings. The van der Waals surface area contributed by atoms with Crippen LogP contribution >= 0.6 is 0 Å². The number of aromatic nitrogens is 2. The van der Waals surface area contributed by atoms with Crippen LogP contribution in [0, 0.1) is 5.92 Å². The molecule has 6 heteroatoms. The highest BCUT2D eigenvalue weighted by atomic mass is 16.2. The van der Waals surface area contributed by atoms with Gasteiger partial charge in [0.2, 0.25) is 17.8 Å². The van der Waals surface area contributed by atoms with Crippen molar-refractivity contribution in [1.29, 1.82) is 0 Å². The van der Waals surface area contributed by atoms with Crippen molar-refractivity contribution in [2.24, 2.45) is 5.92 Å². The molecule has 1 aromatic heterocycles. The molecular weight excluding hydrogens is 232 g/mol. The molecule has 0 aliphatic carbocycles. The zero-order valence-electron chi connectivity index (χ0n) is 10.5. The Hall–Kier alpha value is -1.98. The summed E-state index contributed by atoms with van der Waals surface area (Å²) in [7, 11) is 0. The number of hydrogen-bond acceptors (Lipinski definition) is 4. The summed E-state index contributed by atoms with van der Waals surface area (Å²) in [4.78, 5) is 35.0. The highest BCUT2D eigenvalue weighted by Crippen LogP contribution is 2.12. The topological polar surface area (TPSA) is 66.4 Å². The number of piperazine rings is 1. The third-order valence-electron chi connectivity index (χ3n) is 2.82. The first kappa shape index (κ1) is 12.5. The first-order valence-corrected chi connectivity index (χ1v) is 5.95. The summed E-state index contributed by atoms with van der Waals surface area (Å²) >= 11 is 0. The molecule has 2 amide bonds. The van der Waals surface area contributed by atoms with Gasteiger partial charge in [0.15, 0.2) is 0 Å². The van der Waals surface area contributed by atoms with Crippen LogP contribution in [-0.2, 0) is 9.59 Å². The molecule has 1 fully saturated rings. The third-order valence-corrected chi connectivity index (χ3v) is 2.82. The summed E-state index contributed by atoms with van der Waals surface area (Å²) in [5.74, 6) is 0.190. The fourth-order valence-corrected chi connectivity index (χ4v) is 1.87. The Morgan fingerprint density at radius 3 is 2.50 bits per heavy atom. The maximum atomic E-state index is 12.0. The fraction of sp³-hybridized carbons (Fsp3) is 0.500. The molecule has 0 radical (unpaired) electrons. The van der Waals surface area contributed by atoms with E-state index in [1.165, 1.54) is 4.90 Å². The third kappa shape index (κ3) is 2.47. The molecule has 0 aromatic carbocycles. The van der Waals surface area contributed by atoms with Crippen LogP contribution < -0.4 is 4.90 Å². The largest absolute Gasteiger partial charge is 0.331 e. The van der Waals surface area contributed by atoms with Crippen LogP contribution in [0.3, 0.4) is 0 Å². The minimum atomic E-state index is -0.138. The zero-order chi connectivity index (χ0) is 13.1. The van der Waals surface area contributed by atoms with Crippen molar-refractivity contribution >= 4 is 17.8 Å². The van der Waals surface area contributed by atoms with Gasteiger partial charge in [-0.3, -0.25) is 14.5 Å². The fourth-order valence-electron chi connectivity index (χ4n) is 1.87. The van der Waals surface area contributed by atoms with Gasteiger partial charge >= 0.3 is 0 Å². The second-order valence-corrected chi connectivity index (χ2v) is 4.51. The summed E-state index contributed by atoms with van der Waals surface area (Å²) in [6.45, 7) is 4.75. The van der Waals surface area contributed by atoms with Gasteiger partial charge < -0.3 is 4.90 Å².